The van der Waals surface area contributed by atoms with Gasteiger partial charge in [0.2, 0.25) is 5.91 Å². The Bertz CT molecular complexity index is 591. The third-order valence-electron chi connectivity index (χ3n) is 3.52. The lowest BCUT2D eigenvalue weighted by Crippen LogP contribution is -2.37. The normalized spacial score (nSPS) is 18.4. The zero-order valence-electron chi connectivity index (χ0n) is 11.7. The first kappa shape index (κ1) is 13.8. The molecule has 1 saturated heterocycles. The summed E-state index contributed by atoms with van der Waals surface area (Å²) in [6, 6.07) is 3.83. The van der Waals surface area contributed by atoms with Gasteiger partial charge in [0.05, 0.1) is 0 Å². The molecule has 6 heteroatoms. The van der Waals surface area contributed by atoms with Crippen molar-refractivity contribution in [3.05, 3.63) is 42.6 Å². The Morgan fingerprint density at radius 1 is 1.43 bits per heavy atom. The molecule has 1 aliphatic rings. The SMILES string of the molecule is O=C(NCc1ccnc(-n2ccnc2)c1)C1CCCCO1. The van der Waals surface area contributed by atoms with Crippen LogP contribution in [0.2, 0.25) is 0 Å². The quantitative estimate of drug-likeness (QED) is 0.923. The van der Waals surface area contributed by atoms with E-state index in [1.54, 1.807) is 18.7 Å². The lowest BCUT2D eigenvalue weighted by Gasteiger charge is -2.21. The van der Waals surface area contributed by atoms with Crippen molar-refractivity contribution >= 4 is 5.91 Å². The van der Waals surface area contributed by atoms with Crippen LogP contribution in [-0.4, -0.2) is 33.2 Å². The van der Waals surface area contributed by atoms with Gasteiger partial charge in [0.15, 0.2) is 0 Å². The summed E-state index contributed by atoms with van der Waals surface area (Å²) >= 11 is 0. The molecule has 1 amide bonds. The summed E-state index contributed by atoms with van der Waals surface area (Å²) in [7, 11) is 0. The molecule has 0 bridgehead atoms. The number of rotatable bonds is 4. The van der Waals surface area contributed by atoms with Crippen molar-refractivity contribution in [1.82, 2.24) is 19.9 Å². The van der Waals surface area contributed by atoms with Crippen molar-refractivity contribution in [2.45, 2.75) is 31.9 Å². The molecule has 1 unspecified atom stereocenters. The molecule has 1 atom stereocenters. The molecule has 3 rings (SSSR count). The molecule has 0 aliphatic carbocycles. The highest BCUT2D eigenvalue weighted by molar-refractivity contribution is 5.80. The van der Waals surface area contributed by atoms with Gasteiger partial charge in [-0.05, 0) is 37.0 Å². The van der Waals surface area contributed by atoms with Crippen LogP contribution in [0.3, 0.4) is 0 Å². The fourth-order valence-corrected chi connectivity index (χ4v) is 2.36. The average molecular weight is 286 g/mol. The van der Waals surface area contributed by atoms with Crippen LogP contribution in [-0.2, 0) is 16.1 Å². The standard InChI is InChI=1S/C15H18N4O2/c20-15(13-3-1-2-8-21-13)18-10-12-4-5-17-14(9-12)19-7-6-16-11-19/h4-7,9,11,13H,1-3,8,10H2,(H,18,20). The first-order chi connectivity index (χ1) is 10.3. The summed E-state index contributed by atoms with van der Waals surface area (Å²) in [5.74, 6) is 0.754. The number of nitrogens with one attached hydrogen (secondary N) is 1. The third-order valence-corrected chi connectivity index (χ3v) is 3.52. The first-order valence-electron chi connectivity index (χ1n) is 7.15. The fourth-order valence-electron chi connectivity index (χ4n) is 2.36. The van der Waals surface area contributed by atoms with Crippen LogP contribution in [0.25, 0.3) is 5.82 Å². The van der Waals surface area contributed by atoms with E-state index in [1.807, 2.05) is 22.9 Å². The van der Waals surface area contributed by atoms with Crippen LogP contribution in [0.1, 0.15) is 24.8 Å². The number of imidazole rings is 1. The van der Waals surface area contributed by atoms with E-state index in [2.05, 4.69) is 15.3 Å². The molecule has 110 valence electrons. The van der Waals surface area contributed by atoms with Crippen LogP contribution >= 0.6 is 0 Å². The molecule has 1 fully saturated rings. The summed E-state index contributed by atoms with van der Waals surface area (Å²) < 4.78 is 7.30. The van der Waals surface area contributed by atoms with E-state index in [9.17, 15) is 4.79 Å². The Morgan fingerprint density at radius 2 is 2.38 bits per heavy atom. The molecule has 0 spiro atoms. The molecule has 3 heterocycles. The number of carbonyl (C=O) groups excluding carboxylic acids is 1. The minimum atomic E-state index is -0.297. The topological polar surface area (TPSA) is 69.0 Å². The Kier molecular flexibility index (Phi) is 4.25. The highest BCUT2D eigenvalue weighted by Crippen LogP contribution is 2.13. The molecule has 6 nitrogen and oxygen atoms in total. The number of nitrogens with zero attached hydrogens (tertiary/aromatic N) is 3. The van der Waals surface area contributed by atoms with E-state index in [0.717, 1.165) is 30.6 Å². The van der Waals surface area contributed by atoms with Crippen molar-refractivity contribution in [3.8, 4) is 5.82 Å². The monoisotopic (exact) mass is 286 g/mol. The number of hydrogen-bond donors (Lipinski definition) is 1. The van der Waals surface area contributed by atoms with Crippen molar-refractivity contribution in [1.29, 1.82) is 0 Å². The lowest BCUT2D eigenvalue weighted by atomic mass is 10.1. The molecule has 21 heavy (non-hydrogen) atoms. The van der Waals surface area contributed by atoms with E-state index in [-0.39, 0.29) is 12.0 Å². The van der Waals surface area contributed by atoms with Gasteiger partial charge in [-0.3, -0.25) is 9.36 Å². The van der Waals surface area contributed by atoms with Gasteiger partial charge in [0, 0.05) is 31.7 Å². The Morgan fingerprint density at radius 3 is 3.14 bits per heavy atom. The highest BCUT2D eigenvalue weighted by Gasteiger charge is 2.21. The van der Waals surface area contributed by atoms with Gasteiger partial charge >= 0.3 is 0 Å². The minimum absolute atomic E-state index is 0.0318. The van der Waals surface area contributed by atoms with E-state index in [1.165, 1.54) is 0 Å². The van der Waals surface area contributed by atoms with E-state index >= 15 is 0 Å². The number of ether oxygens (including phenoxy) is 1. The second-order valence-corrected chi connectivity index (χ2v) is 5.07. The van der Waals surface area contributed by atoms with E-state index in [0.29, 0.717) is 13.2 Å². The number of carbonyl (C=O) groups is 1. The lowest BCUT2D eigenvalue weighted by molar-refractivity contribution is -0.135. The molecule has 0 aromatic carbocycles. The number of pyridine rings is 1. The van der Waals surface area contributed by atoms with Gasteiger partial charge in [0.1, 0.15) is 18.2 Å². The zero-order chi connectivity index (χ0) is 14.5. The largest absolute Gasteiger partial charge is 0.368 e. The molecule has 0 saturated carbocycles. The second-order valence-electron chi connectivity index (χ2n) is 5.07. The Hall–Kier alpha value is -2.21. The molecular weight excluding hydrogens is 268 g/mol. The van der Waals surface area contributed by atoms with Crippen LogP contribution < -0.4 is 5.32 Å². The molecule has 2 aromatic heterocycles. The van der Waals surface area contributed by atoms with Crippen molar-refractivity contribution < 1.29 is 9.53 Å². The Balaban J connectivity index is 1.60. The highest BCUT2D eigenvalue weighted by atomic mass is 16.5. The molecule has 2 aromatic rings. The predicted octanol–water partition coefficient (Wildman–Crippen LogP) is 1.45. The predicted molar refractivity (Wildman–Crippen MR) is 76.8 cm³/mol. The third kappa shape index (κ3) is 3.46. The molecule has 0 radical (unpaired) electrons. The van der Waals surface area contributed by atoms with Crippen molar-refractivity contribution in [2.75, 3.05) is 6.61 Å². The average Bonchev–Trinajstić information content (AvgIpc) is 3.08. The van der Waals surface area contributed by atoms with Gasteiger partial charge in [-0.25, -0.2) is 9.97 Å². The van der Waals surface area contributed by atoms with Crippen LogP contribution in [0, 0.1) is 0 Å². The van der Waals surface area contributed by atoms with Crippen LogP contribution in [0.15, 0.2) is 37.1 Å². The summed E-state index contributed by atoms with van der Waals surface area (Å²) in [6.07, 6.45) is 9.57. The molecular formula is C15H18N4O2. The maximum Gasteiger partial charge on any atom is 0.249 e. The van der Waals surface area contributed by atoms with Crippen LogP contribution in [0.4, 0.5) is 0 Å². The number of aromatic nitrogens is 3. The summed E-state index contributed by atoms with van der Waals surface area (Å²) in [6.45, 7) is 1.15. The van der Waals surface area contributed by atoms with Crippen molar-refractivity contribution in [3.63, 3.8) is 0 Å². The second kappa shape index (κ2) is 6.49. The Labute approximate surface area is 123 Å². The van der Waals surface area contributed by atoms with Gasteiger partial charge < -0.3 is 10.1 Å². The smallest absolute Gasteiger partial charge is 0.249 e. The van der Waals surface area contributed by atoms with Gasteiger partial charge in [-0.15, -0.1) is 0 Å². The first-order valence-corrected chi connectivity index (χ1v) is 7.15. The summed E-state index contributed by atoms with van der Waals surface area (Å²) in [4.78, 5) is 20.3. The fraction of sp³-hybridized carbons (Fsp3) is 0.400. The van der Waals surface area contributed by atoms with Gasteiger partial charge in [-0.1, -0.05) is 0 Å². The number of hydrogen-bond acceptors (Lipinski definition) is 4. The van der Waals surface area contributed by atoms with E-state index < -0.39 is 0 Å². The molecule has 1 aliphatic heterocycles. The van der Waals surface area contributed by atoms with Crippen molar-refractivity contribution in [2.24, 2.45) is 0 Å². The van der Waals surface area contributed by atoms with E-state index in [4.69, 9.17) is 4.74 Å². The minimum Gasteiger partial charge on any atom is -0.368 e. The maximum atomic E-state index is 12.0. The zero-order valence-corrected chi connectivity index (χ0v) is 11.7. The summed E-state index contributed by atoms with van der Waals surface area (Å²) in [5.41, 5.74) is 0.998. The molecule has 1 N–H and O–H groups in total. The number of amides is 1. The maximum absolute atomic E-state index is 12.0. The van der Waals surface area contributed by atoms with Crippen LogP contribution in [0.5, 0.6) is 0 Å². The summed E-state index contributed by atoms with van der Waals surface area (Å²) in [5, 5.41) is 2.92. The van der Waals surface area contributed by atoms with Gasteiger partial charge in [0.25, 0.3) is 0 Å². The van der Waals surface area contributed by atoms with Gasteiger partial charge in [-0.2, -0.15) is 0 Å².